The molecule has 2 rings (SSSR count). The smallest absolute Gasteiger partial charge is 0.249 e. The van der Waals surface area contributed by atoms with Crippen molar-refractivity contribution in [1.29, 1.82) is 0 Å². The van der Waals surface area contributed by atoms with Crippen molar-refractivity contribution < 1.29 is 19.8 Å². The lowest BCUT2D eigenvalue weighted by molar-refractivity contribution is -0.127. The van der Waals surface area contributed by atoms with Gasteiger partial charge in [0.2, 0.25) is 11.8 Å². The molecule has 0 aliphatic carbocycles. The summed E-state index contributed by atoms with van der Waals surface area (Å²) in [5, 5.41) is 21.9. The van der Waals surface area contributed by atoms with Crippen molar-refractivity contribution in [3.05, 3.63) is 95.6 Å². The lowest BCUT2D eigenvalue weighted by atomic mass is 9.83. The van der Waals surface area contributed by atoms with Crippen molar-refractivity contribution >= 4 is 23.2 Å². The summed E-state index contributed by atoms with van der Waals surface area (Å²) in [5.41, 5.74) is 3.64. The number of aliphatic hydroxyl groups excluding tert-OH is 1. The van der Waals surface area contributed by atoms with Crippen LogP contribution in [-0.2, 0) is 15.1 Å². The Morgan fingerprint density at radius 1 is 0.936 bits per heavy atom. The van der Waals surface area contributed by atoms with Crippen LogP contribution in [0.25, 0.3) is 0 Å². The summed E-state index contributed by atoms with van der Waals surface area (Å²) in [4.78, 5) is 38.0. The van der Waals surface area contributed by atoms with Crippen LogP contribution in [0.1, 0.15) is 98.1 Å². The topological polar surface area (TPSA) is 115 Å². The van der Waals surface area contributed by atoms with Gasteiger partial charge in [-0.3, -0.25) is 19.6 Å². The molecule has 2 aromatic carbocycles. The molecule has 0 heterocycles. The highest BCUT2D eigenvalue weighted by atomic mass is 16.5. The van der Waals surface area contributed by atoms with Crippen LogP contribution in [-0.4, -0.2) is 69.8 Å². The summed E-state index contributed by atoms with van der Waals surface area (Å²) < 4.78 is 0. The van der Waals surface area contributed by atoms with E-state index in [9.17, 15) is 19.8 Å². The number of aliphatic hydroxyl groups is 2. The molecule has 0 saturated heterocycles. The van der Waals surface area contributed by atoms with E-state index in [1.54, 1.807) is 0 Å². The minimum Gasteiger partial charge on any atom is -0.368 e. The number of amides is 2. The Balaban J connectivity index is 2.39. The number of carbonyl (C=O) groups excluding carboxylic acids is 2. The van der Waals surface area contributed by atoms with Crippen LogP contribution >= 0.6 is 0 Å². The Kier molecular flexibility index (Phi) is 17.0. The third-order valence-electron chi connectivity index (χ3n) is 8.26. The number of unbranched alkanes of at least 4 members (excludes halogenated alkanes) is 1. The van der Waals surface area contributed by atoms with Crippen LogP contribution in [0.3, 0.4) is 0 Å². The zero-order valence-corrected chi connectivity index (χ0v) is 29.4. The van der Waals surface area contributed by atoms with Gasteiger partial charge in [0.25, 0.3) is 0 Å². The normalized spacial score (nSPS) is 15.4. The van der Waals surface area contributed by atoms with Gasteiger partial charge >= 0.3 is 0 Å². The molecule has 0 saturated carbocycles. The molecule has 2 amide bonds. The molecular weight excluding hydrogens is 588 g/mol. The number of benzene rings is 2. The summed E-state index contributed by atoms with van der Waals surface area (Å²) in [5.74, 6) is -0.165. The molecule has 3 unspecified atom stereocenters. The van der Waals surface area contributed by atoms with Gasteiger partial charge in [-0.25, -0.2) is 0 Å². The fraction of sp³-hybridized carbons (Fsp3) is 0.487. The van der Waals surface area contributed by atoms with E-state index in [1.807, 2.05) is 118 Å². The van der Waals surface area contributed by atoms with Gasteiger partial charge in [0.05, 0.1) is 29.0 Å². The minimum absolute atomic E-state index is 0.0597. The first kappa shape index (κ1) is 39.3. The molecule has 3 atom stereocenters. The molecule has 256 valence electrons. The molecule has 0 aromatic heterocycles. The second-order valence-corrected chi connectivity index (χ2v) is 12.1. The van der Waals surface area contributed by atoms with E-state index in [0.717, 1.165) is 22.6 Å². The number of rotatable bonds is 19. The first-order valence-electron chi connectivity index (χ1n) is 17.0. The van der Waals surface area contributed by atoms with E-state index in [2.05, 4.69) is 12.2 Å². The van der Waals surface area contributed by atoms with Gasteiger partial charge < -0.3 is 20.4 Å². The maximum Gasteiger partial charge on any atom is 0.249 e. The van der Waals surface area contributed by atoms with Crippen LogP contribution < -0.4 is 5.32 Å². The number of carbonyl (C=O) groups is 2. The van der Waals surface area contributed by atoms with E-state index in [-0.39, 0.29) is 23.9 Å². The molecule has 0 bridgehead atoms. The quantitative estimate of drug-likeness (QED) is 0.0515. The van der Waals surface area contributed by atoms with E-state index >= 15 is 0 Å². The third-order valence-corrected chi connectivity index (χ3v) is 8.26. The predicted molar refractivity (Wildman–Crippen MR) is 194 cm³/mol. The summed E-state index contributed by atoms with van der Waals surface area (Å²) >= 11 is 0. The zero-order valence-electron chi connectivity index (χ0n) is 29.4. The minimum atomic E-state index is -1.34. The van der Waals surface area contributed by atoms with Crippen molar-refractivity contribution in [3.8, 4) is 0 Å². The predicted octanol–water partition coefficient (Wildman–Crippen LogP) is 6.77. The van der Waals surface area contributed by atoms with E-state index < -0.39 is 11.8 Å². The Labute approximate surface area is 282 Å². The van der Waals surface area contributed by atoms with E-state index in [4.69, 9.17) is 9.98 Å². The van der Waals surface area contributed by atoms with Gasteiger partial charge in [-0.1, -0.05) is 85.8 Å². The highest BCUT2D eigenvalue weighted by Gasteiger charge is 2.32. The number of nitrogens with zero attached hydrogens (tertiary/aromatic N) is 3. The van der Waals surface area contributed by atoms with Crippen LogP contribution in [0.4, 0.5) is 0 Å². The Morgan fingerprint density at radius 2 is 1.57 bits per heavy atom. The molecule has 0 radical (unpaired) electrons. The lowest BCUT2D eigenvalue weighted by Crippen LogP contribution is -2.47. The molecule has 0 fully saturated rings. The van der Waals surface area contributed by atoms with Crippen LogP contribution in [0.15, 0.2) is 94.4 Å². The number of hydrogen-bond donors (Lipinski definition) is 3. The zero-order chi connectivity index (χ0) is 34.8. The van der Waals surface area contributed by atoms with Crippen molar-refractivity contribution in [1.82, 2.24) is 10.2 Å². The number of nitrogens with one attached hydrogen (secondary N) is 1. The molecule has 8 heteroatoms. The summed E-state index contributed by atoms with van der Waals surface area (Å²) in [6.45, 7) is 14.4. The van der Waals surface area contributed by atoms with Crippen LogP contribution in [0.2, 0.25) is 0 Å². The second kappa shape index (κ2) is 20.4. The van der Waals surface area contributed by atoms with E-state index in [0.29, 0.717) is 57.2 Å². The van der Waals surface area contributed by atoms with Gasteiger partial charge in [0.1, 0.15) is 0 Å². The van der Waals surface area contributed by atoms with Crippen molar-refractivity contribution in [2.45, 2.75) is 111 Å². The standard InChI is InChI=1S/C39H56N4O4/c1-8-19-30(5)41-37(33-20-13-11-14-21-33)35(24-17-18-25-36(45)46)40-31(6)28-29(4)38(47)43(10-3)27-26-39(9-2,42-32(7)44)34-22-15-12-16-23-34/h8,11-16,19-23,28,30-31,36,45-46H,9-10,17-18,24-27H2,1-7H3,(H,42,44)/b19-8-,29-28+,40-35?,41-37?. The Morgan fingerprint density at radius 3 is 2.13 bits per heavy atom. The summed E-state index contributed by atoms with van der Waals surface area (Å²) in [6, 6.07) is 19.6. The average molecular weight is 645 g/mol. The van der Waals surface area contributed by atoms with Gasteiger partial charge in [-0.2, -0.15) is 0 Å². The molecule has 3 N–H and O–H groups in total. The monoisotopic (exact) mass is 644 g/mol. The number of allylic oxidation sites excluding steroid dienone is 1. The summed E-state index contributed by atoms with van der Waals surface area (Å²) in [7, 11) is 0. The van der Waals surface area contributed by atoms with Crippen molar-refractivity contribution in [3.63, 3.8) is 0 Å². The highest BCUT2D eigenvalue weighted by molar-refractivity contribution is 6.48. The molecule has 0 spiro atoms. The molecule has 47 heavy (non-hydrogen) atoms. The maximum absolute atomic E-state index is 13.8. The fourth-order valence-corrected chi connectivity index (χ4v) is 5.84. The number of hydrogen-bond acceptors (Lipinski definition) is 6. The van der Waals surface area contributed by atoms with Gasteiger partial charge in [-0.15, -0.1) is 0 Å². The first-order chi connectivity index (χ1) is 22.5. The van der Waals surface area contributed by atoms with Crippen molar-refractivity contribution in [2.24, 2.45) is 9.98 Å². The SMILES string of the molecule is C/C=C\C(C)N=C(C(CCCCC(O)O)=NC(C)/C=C(\C)C(=O)N(CC)CCC(CC)(NC(C)=O)c1ccccc1)c1ccccc1. The largest absolute Gasteiger partial charge is 0.368 e. The molecule has 0 aliphatic heterocycles. The van der Waals surface area contributed by atoms with Gasteiger partial charge in [0.15, 0.2) is 6.29 Å². The van der Waals surface area contributed by atoms with Crippen LogP contribution in [0, 0.1) is 0 Å². The molecule has 8 nitrogen and oxygen atoms in total. The Hall–Kier alpha value is -3.88. The van der Waals surface area contributed by atoms with Gasteiger partial charge in [0, 0.05) is 31.1 Å². The fourth-order valence-electron chi connectivity index (χ4n) is 5.84. The summed E-state index contributed by atoms with van der Waals surface area (Å²) in [6.07, 6.45) is 8.11. The molecule has 2 aromatic rings. The van der Waals surface area contributed by atoms with E-state index in [1.165, 1.54) is 6.92 Å². The molecule has 0 aliphatic rings. The molecular formula is C39H56N4O4. The van der Waals surface area contributed by atoms with Crippen molar-refractivity contribution in [2.75, 3.05) is 13.1 Å². The Bertz CT molecular complexity index is 1370. The number of aliphatic imine (C=N–C) groups is 2. The van der Waals surface area contributed by atoms with Gasteiger partial charge in [-0.05, 0) is 78.7 Å². The first-order valence-corrected chi connectivity index (χ1v) is 17.0. The lowest BCUT2D eigenvalue weighted by Gasteiger charge is -2.36. The third kappa shape index (κ3) is 13.0. The average Bonchev–Trinajstić information content (AvgIpc) is 3.05. The number of likely N-dealkylation sites (N-methyl/N-ethyl adjacent to an activating group) is 1. The van der Waals surface area contributed by atoms with Crippen LogP contribution in [0.5, 0.6) is 0 Å². The maximum atomic E-state index is 13.8. The highest BCUT2D eigenvalue weighted by Crippen LogP contribution is 2.29. The second-order valence-electron chi connectivity index (χ2n) is 12.1.